The van der Waals surface area contributed by atoms with Crippen molar-refractivity contribution in [1.82, 2.24) is 19.2 Å². The van der Waals surface area contributed by atoms with E-state index in [-0.39, 0.29) is 28.9 Å². The molecule has 2 aliphatic heterocycles. The van der Waals surface area contributed by atoms with Crippen LogP contribution in [0.2, 0.25) is 0 Å². The predicted molar refractivity (Wildman–Crippen MR) is 113 cm³/mol. The smallest absolute Gasteiger partial charge is 0.270 e. The first kappa shape index (κ1) is 21.0. The second kappa shape index (κ2) is 8.48. The molecule has 9 nitrogen and oxygen atoms in total. The Morgan fingerprint density at radius 3 is 2.70 bits per heavy atom. The zero-order chi connectivity index (χ0) is 21.3. The fraction of sp³-hybridized carbons (Fsp3) is 0.526. The van der Waals surface area contributed by atoms with E-state index in [4.69, 9.17) is 0 Å². The van der Waals surface area contributed by atoms with Gasteiger partial charge < -0.3 is 15.2 Å². The molecule has 2 amide bonds. The SMILES string of the molecule is Cc1csc(NC(=O)[C@@H]2CCCN(S(=O)(=O)c3c[nH]c(C(=O)N4CCCC4)c3)C2)n1. The minimum Gasteiger partial charge on any atom is -0.356 e. The first-order valence-corrected chi connectivity index (χ1v) is 12.4. The van der Waals surface area contributed by atoms with E-state index in [0.717, 1.165) is 18.5 Å². The lowest BCUT2D eigenvalue weighted by Gasteiger charge is -2.30. The van der Waals surface area contributed by atoms with E-state index in [0.29, 0.717) is 37.6 Å². The van der Waals surface area contributed by atoms with Gasteiger partial charge in [0, 0.05) is 37.8 Å². The van der Waals surface area contributed by atoms with Crippen LogP contribution >= 0.6 is 11.3 Å². The average molecular weight is 452 g/mol. The van der Waals surface area contributed by atoms with Crippen molar-refractivity contribution in [3.63, 3.8) is 0 Å². The first-order chi connectivity index (χ1) is 14.3. The molecule has 1 atom stereocenters. The van der Waals surface area contributed by atoms with Gasteiger partial charge in [-0.15, -0.1) is 11.3 Å². The summed E-state index contributed by atoms with van der Waals surface area (Å²) in [6.45, 7) is 3.70. The van der Waals surface area contributed by atoms with Crippen molar-refractivity contribution in [1.29, 1.82) is 0 Å². The molecular formula is C19H25N5O4S2. The third-order valence-corrected chi connectivity index (χ3v) is 8.24. The van der Waals surface area contributed by atoms with Crippen LogP contribution in [0.1, 0.15) is 41.9 Å². The van der Waals surface area contributed by atoms with Crippen molar-refractivity contribution in [3.05, 3.63) is 29.0 Å². The van der Waals surface area contributed by atoms with Crippen LogP contribution in [0.15, 0.2) is 22.5 Å². The monoisotopic (exact) mass is 451 g/mol. The normalized spacial score (nSPS) is 20.4. The Balaban J connectivity index is 1.44. The molecule has 11 heteroatoms. The molecule has 0 saturated carbocycles. The number of aromatic nitrogens is 2. The van der Waals surface area contributed by atoms with E-state index in [1.807, 2.05) is 12.3 Å². The van der Waals surface area contributed by atoms with E-state index >= 15 is 0 Å². The van der Waals surface area contributed by atoms with Crippen LogP contribution in [0.5, 0.6) is 0 Å². The molecular weight excluding hydrogens is 426 g/mol. The van der Waals surface area contributed by atoms with Crippen molar-refractivity contribution in [2.75, 3.05) is 31.5 Å². The van der Waals surface area contributed by atoms with Gasteiger partial charge in [0.15, 0.2) is 5.13 Å². The summed E-state index contributed by atoms with van der Waals surface area (Å²) in [4.78, 5) is 33.9. The van der Waals surface area contributed by atoms with E-state index in [1.54, 1.807) is 4.90 Å². The molecule has 2 aromatic heterocycles. The number of hydrogen-bond acceptors (Lipinski definition) is 6. The largest absolute Gasteiger partial charge is 0.356 e. The lowest BCUT2D eigenvalue weighted by atomic mass is 9.99. The molecule has 2 aliphatic rings. The van der Waals surface area contributed by atoms with Crippen molar-refractivity contribution < 1.29 is 18.0 Å². The summed E-state index contributed by atoms with van der Waals surface area (Å²) in [6.07, 6.45) is 4.51. The van der Waals surface area contributed by atoms with Crippen molar-refractivity contribution in [3.8, 4) is 0 Å². The van der Waals surface area contributed by atoms with E-state index in [2.05, 4.69) is 15.3 Å². The summed E-state index contributed by atoms with van der Waals surface area (Å²) < 4.78 is 27.6. The van der Waals surface area contributed by atoms with Gasteiger partial charge in [-0.25, -0.2) is 13.4 Å². The fourth-order valence-corrected chi connectivity index (χ4v) is 6.09. The number of anilines is 1. The van der Waals surface area contributed by atoms with Crippen molar-refractivity contribution >= 4 is 38.3 Å². The summed E-state index contributed by atoms with van der Waals surface area (Å²) in [7, 11) is -3.80. The Bertz CT molecular complexity index is 1040. The van der Waals surface area contributed by atoms with Crippen LogP contribution in [0.4, 0.5) is 5.13 Å². The quantitative estimate of drug-likeness (QED) is 0.722. The highest BCUT2D eigenvalue weighted by Gasteiger charge is 2.34. The molecule has 0 radical (unpaired) electrons. The van der Waals surface area contributed by atoms with Gasteiger partial charge in [-0.3, -0.25) is 9.59 Å². The van der Waals surface area contributed by atoms with E-state index in [9.17, 15) is 18.0 Å². The van der Waals surface area contributed by atoms with Gasteiger partial charge in [0.05, 0.1) is 11.6 Å². The molecule has 0 bridgehead atoms. The third kappa shape index (κ3) is 4.28. The van der Waals surface area contributed by atoms with Crippen LogP contribution in [0.25, 0.3) is 0 Å². The van der Waals surface area contributed by atoms with Gasteiger partial charge in [-0.2, -0.15) is 4.31 Å². The summed E-state index contributed by atoms with van der Waals surface area (Å²) in [5.41, 5.74) is 1.11. The van der Waals surface area contributed by atoms with Crippen LogP contribution in [0, 0.1) is 12.8 Å². The second-order valence-electron chi connectivity index (χ2n) is 7.73. The standard InChI is InChI=1S/C19H25N5O4S2/c1-13-12-29-19(21-13)22-17(25)14-5-4-8-24(11-14)30(27,28)15-9-16(20-10-15)18(26)23-6-2-3-7-23/h9-10,12,14,20H,2-8,11H2,1H3,(H,21,22,25)/t14-/m1/s1. The number of carbonyl (C=O) groups is 2. The Hall–Kier alpha value is -2.24. The highest BCUT2D eigenvalue weighted by Crippen LogP contribution is 2.26. The van der Waals surface area contributed by atoms with E-state index in [1.165, 1.54) is 27.9 Å². The number of rotatable bonds is 5. The summed E-state index contributed by atoms with van der Waals surface area (Å²) in [5.74, 6) is -0.839. The third-order valence-electron chi connectivity index (χ3n) is 5.52. The number of aryl methyl sites for hydroxylation is 1. The van der Waals surface area contributed by atoms with Crippen LogP contribution < -0.4 is 5.32 Å². The van der Waals surface area contributed by atoms with Gasteiger partial charge in [0.1, 0.15) is 10.6 Å². The first-order valence-electron chi connectivity index (χ1n) is 10.1. The molecule has 2 saturated heterocycles. The van der Waals surface area contributed by atoms with Gasteiger partial charge in [-0.05, 0) is 38.7 Å². The highest BCUT2D eigenvalue weighted by atomic mass is 32.2. The maximum Gasteiger partial charge on any atom is 0.270 e. The minimum absolute atomic E-state index is 0.0571. The maximum absolute atomic E-state index is 13.1. The predicted octanol–water partition coefficient (Wildman–Crippen LogP) is 2.06. The molecule has 2 aromatic rings. The van der Waals surface area contributed by atoms with Crippen molar-refractivity contribution in [2.24, 2.45) is 5.92 Å². The lowest BCUT2D eigenvalue weighted by Crippen LogP contribution is -2.43. The van der Waals surface area contributed by atoms with E-state index < -0.39 is 15.9 Å². The number of amides is 2. The molecule has 4 heterocycles. The Morgan fingerprint density at radius 2 is 2.00 bits per heavy atom. The number of H-pyrrole nitrogens is 1. The molecule has 30 heavy (non-hydrogen) atoms. The molecule has 0 unspecified atom stereocenters. The molecule has 4 rings (SSSR count). The number of carbonyl (C=O) groups excluding carboxylic acids is 2. The lowest BCUT2D eigenvalue weighted by molar-refractivity contribution is -0.120. The average Bonchev–Trinajstić information content (AvgIpc) is 3.50. The molecule has 2 N–H and O–H groups in total. The summed E-state index contributed by atoms with van der Waals surface area (Å²) >= 11 is 1.35. The zero-order valence-corrected chi connectivity index (χ0v) is 18.4. The fourth-order valence-electron chi connectivity index (χ4n) is 3.88. The van der Waals surface area contributed by atoms with Crippen LogP contribution in [-0.4, -0.2) is 65.6 Å². The Labute approximate surface area is 179 Å². The van der Waals surface area contributed by atoms with Gasteiger partial charge >= 0.3 is 0 Å². The van der Waals surface area contributed by atoms with Crippen LogP contribution in [-0.2, 0) is 14.8 Å². The molecule has 2 fully saturated rings. The number of nitrogens with zero attached hydrogens (tertiary/aromatic N) is 3. The number of thiazole rings is 1. The minimum atomic E-state index is -3.80. The number of likely N-dealkylation sites (tertiary alicyclic amines) is 1. The summed E-state index contributed by atoms with van der Waals surface area (Å²) in [6, 6.07) is 1.40. The highest BCUT2D eigenvalue weighted by molar-refractivity contribution is 7.89. The number of piperidine rings is 1. The number of sulfonamides is 1. The van der Waals surface area contributed by atoms with Crippen LogP contribution in [0.3, 0.4) is 0 Å². The molecule has 0 aliphatic carbocycles. The molecule has 0 aromatic carbocycles. The zero-order valence-electron chi connectivity index (χ0n) is 16.8. The Morgan fingerprint density at radius 1 is 1.23 bits per heavy atom. The number of nitrogens with one attached hydrogen (secondary N) is 2. The number of hydrogen-bond donors (Lipinski definition) is 2. The van der Waals surface area contributed by atoms with Gasteiger partial charge in [-0.1, -0.05) is 0 Å². The topological polar surface area (TPSA) is 115 Å². The Kier molecular flexibility index (Phi) is 5.94. The molecule has 0 spiro atoms. The second-order valence-corrected chi connectivity index (χ2v) is 10.5. The van der Waals surface area contributed by atoms with Crippen molar-refractivity contribution in [2.45, 2.75) is 37.5 Å². The summed E-state index contributed by atoms with van der Waals surface area (Å²) in [5, 5.41) is 5.15. The van der Waals surface area contributed by atoms with Gasteiger partial charge in [0.25, 0.3) is 5.91 Å². The van der Waals surface area contributed by atoms with Gasteiger partial charge in [0.2, 0.25) is 15.9 Å². The maximum atomic E-state index is 13.1. The number of aromatic amines is 1. The molecule has 162 valence electrons.